The van der Waals surface area contributed by atoms with Gasteiger partial charge >= 0.3 is 5.97 Å². The Bertz CT molecular complexity index is 556. The monoisotopic (exact) mass is 314 g/mol. The van der Waals surface area contributed by atoms with E-state index in [1.165, 1.54) is 0 Å². The highest BCUT2D eigenvalue weighted by molar-refractivity contribution is 6.22. The second kappa shape index (κ2) is 3.65. The van der Waals surface area contributed by atoms with Crippen LogP contribution in [0.5, 0.6) is 0 Å². The normalized spacial score (nSPS) is 61.7. The first kappa shape index (κ1) is 14.0. The fourth-order valence-corrected chi connectivity index (χ4v) is 5.24. The zero-order valence-corrected chi connectivity index (χ0v) is 12.8. The Morgan fingerprint density at radius 3 is 2.71 bits per heavy atom. The molecule has 0 aromatic carbocycles. The molecule has 4 rings (SSSR count). The van der Waals surface area contributed by atoms with Crippen molar-refractivity contribution < 1.29 is 24.5 Å². The fourth-order valence-electron chi connectivity index (χ4n) is 4.86. The van der Waals surface area contributed by atoms with Crippen LogP contribution in [0.15, 0.2) is 12.2 Å². The number of epoxide rings is 1. The van der Waals surface area contributed by atoms with Gasteiger partial charge in [-0.05, 0) is 26.7 Å². The molecule has 0 bridgehead atoms. The molecule has 0 aromatic heterocycles. The number of halogens is 1. The summed E-state index contributed by atoms with van der Waals surface area (Å²) in [6, 6.07) is 0. The van der Waals surface area contributed by atoms with Gasteiger partial charge in [-0.1, -0.05) is 6.58 Å². The molecule has 21 heavy (non-hydrogen) atoms. The van der Waals surface area contributed by atoms with E-state index in [1.807, 2.05) is 0 Å². The molecule has 2 N–H and O–H groups in total. The average Bonchev–Trinajstić information content (AvgIpc) is 3.03. The fraction of sp³-hybridized carbons (Fsp3) is 0.800. The molecule has 2 saturated carbocycles. The third-order valence-electron chi connectivity index (χ3n) is 6.07. The molecule has 2 unspecified atom stereocenters. The molecule has 0 amide bonds. The lowest BCUT2D eigenvalue weighted by Crippen LogP contribution is -2.56. The van der Waals surface area contributed by atoms with Crippen molar-refractivity contribution in [3.05, 3.63) is 12.2 Å². The molecule has 2 aliphatic heterocycles. The number of carbonyl (C=O) groups is 1. The highest BCUT2D eigenvalue weighted by atomic mass is 35.5. The molecule has 6 heteroatoms. The predicted octanol–water partition coefficient (Wildman–Crippen LogP) is 0.755. The van der Waals surface area contributed by atoms with Gasteiger partial charge in [-0.3, -0.25) is 0 Å². The van der Waals surface area contributed by atoms with E-state index >= 15 is 0 Å². The highest BCUT2D eigenvalue weighted by Crippen LogP contribution is 2.69. The molecular formula is C15H19ClO5. The van der Waals surface area contributed by atoms with Gasteiger partial charge in [0.25, 0.3) is 0 Å². The number of rotatable bonds is 0. The van der Waals surface area contributed by atoms with Crippen LogP contribution in [0.2, 0.25) is 0 Å². The summed E-state index contributed by atoms with van der Waals surface area (Å²) < 4.78 is 11.3. The van der Waals surface area contributed by atoms with Gasteiger partial charge in [0.15, 0.2) is 0 Å². The molecule has 2 saturated heterocycles. The molecule has 4 fully saturated rings. The van der Waals surface area contributed by atoms with E-state index in [4.69, 9.17) is 21.1 Å². The topological polar surface area (TPSA) is 79.3 Å². The maximum absolute atomic E-state index is 11.9. The minimum atomic E-state index is -1.27. The second-order valence-corrected chi connectivity index (χ2v) is 7.72. The zero-order valence-electron chi connectivity index (χ0n) is 12.0. The van der Waals surface area contributed by atoms with Gasteiger partial charge in [0, 0.05) is 11.5 Å². The van der Waals surface area contributed by atoms with E-state index in [2.05, 4.69) is 6.58 Å². The minimum absolute atomic E-state index is 0.202. The van der Waals surface area contributed by atoms with E-state index < -0.39 is 46.3 Å². The van der Waals surface area contributed by atoms with E-state index in [-0.39, 0.29) is 5.92 Å². The van der Waals surface area contributed by atoms with Crippen LogP contribution in [0.25, 0.3) is 0 Å². The van der Waals surface area contributed by atoms with Crippen LogP contribution < -0.4 is 0 Å². The first-order valence-electron chi connectivity index (χ1n) is 7.31. The quantitative estimate of drug-likeness (QED) is 0.299. The van der Waals surface area contributed by atoms with Crippen LogP contribution in [0, 0.1) is 11.8 Å². The third kappa shape index (κ3) is 1.37. The number of aliphatic hydroxyl groups is 2. The first-order valence-corrected chi connectivity index (χ1v) is 7.74. The largest absolute Gasteiger partial charge is 0.458 e. The number of alkyl halides is 1. The predicted molar refractivity (Wildman–Crippen MR) is 73.7 cm³/mol. The van der Waals surface area contributed by atoms with Crippen molar-refractivity contribution >= 4 is 17.6 Å². The summed E-state index contributed by atoms with van der Waals surface area (Å²) >= 11 is 6.36. The van der Waals surface area contributed by atoms with Gasteiger partial charge in [0.1, 0.15) is 17.8 Å². The van der Waals surface area contributed by atoms with Gasteiger partial charge in [-0.15, -0.1) is 11.6 Å². The molecular weight excluding hydrogens is 296 g/mol. The van der Waals surface area contributed by atoms with Crippen LogP contribution in [-0.4, -0.2) is 50.6 Å². The minimum Gasteiger partial charge on any atom is -0.458 e. The molecule has 116 valence electrons. The van der Waals surface area contributed by atoms with Gasteiger partial charge < -0.3 is 19.7 Å². The molecule has 0 radical (unpaired) electrons. The smallest absolute Gasteiger partial charge is 0.334 e. The first-order chi connectivity index (χ1) is 9.64. The lowest BCUT2D eigenvalue weighted by Gasteiger charge is -2.40. The number of ether oxygens (including phenoxy) is 2. The second-order valence-electron chi connectivity index (χ2n) is 7.25. The van der Waals surface area contributed by atoms with Gasteiger partial charge in [0.2, 0.25) is 0 Å². The third-order valence-corrected chi connectivity index (χ3v) is 6.74. The van der Waals surface area contributed by atoms with Crippen LogP contribution in [0.1, 0.15) is 26.7 Å². The Morgan fingerprint density at radius 2 is 2.05 bits per heavy atom. The Hall–Kier alpha value is -0.620. The van der Waals surface area contributed by atoms with Crippen LogP contribution in [-0.2, 0) is 14.3 Å². The Labute approximate surface area is 127 Å². The van der Waals surface area contributed by atoms with Crippen molar-refractivity contribution in [1.29, 1.82) is 0 Å². The summed E-state index contributed by atoms with van der Waals surface area (Å²) in [6.07, 6.45) is 0.0825. The molecule has 2 heterocycles. The molecule has 1 spiro atoms. The molecule has 4 aliphatic rings. The van der Waals surface area contributed by atoms with E-state index in [1.54, 1.807) is 13.8 Å². The van der Waals surface area contributed by atoms with Crippen molar-refractivity contribution in [2.45, 2.75) is 61.1 Å². The number of esters is 1. The number of hydrogen-bond acceptors (Lipinski definition) is 5. The molecule has 8 atom stereocenters. The lowest BCUT2D eigenvalue weighted by atomic mass is 9.73. The highest BCUT2D eigenvalue weighted by Gasteiger charge is 2.85. The number of fused-ring (bicyclic) bond motifs is 2. The molecule has 5 nitrogen and oxygen atoms in total. The van der Waals surface area contributed by atoms with Crippen molar-refractivity contribution in [3.63, 3.8) is 0 Å². The SMILES string of the molecule is C=C1C(=O)OC2C3[C@@](C)(O)[C@H](Cl)[C@H]4O[C@@]34[C@@](C)(O)CC[C@@H]12. The Morgan fingerprint density at radius 1 is 1.38 bits per heavy atom. The molecule has 0 aromatic rings. The van der Waals surface area contributed by atoms with E-state index in [0.717, 1.165) is 0 Å². The van der Waals surface area contributed by atoms with Gasteiger partial charge in [-0.25, -0.2) is 4.79 Å². The number of hydrogen-bond donors (Lipinski definition) is 2. The average molecular weight is 315 g/mol. The van der Waals surface area contributed by atoms with E-state index in [0.29, 0.717) is 18.4 Å². The molecule has 2 aliphatic carbocycles. The zero-order chi connectivity index (χ0) is 15.4. The van der Waals surface area contributed by atoms with Crippen LogP contribution in [0.4, 0.5) is 0 Å². The van der Waals surface area contributed by atoms with Crippen molar-refractivity contribution in [2.75, 3.05) is 0 Å². The maximum atomic E-state index is 11.9. The number of carbonyl (C=O) groups excluding carboxylic acids is 1. The standard InChI is InChI=1S/C15H19ClO5/c1-6-7-4-5-13(2,18)15-9(8(7)20-12(6)17)14(3,19)10(16)11(15)21-15/h7-11,18-19H,1,4-5H2,2-3H3/t7-,8?,9?,10+,11+,13-,14+,15-/m0/s1. The summed E-state index contributed by atoms with van der Waals surface area (Å²) in [7, 11) is 0. The summed E-state index contributed by atoms with van der Waals surface area (Å²) in [5, 5.41) is 21.2. The van der Waals surface area contributed by atoms with Crippen molar-refractivity contribution in [3.8, 4) is 0 Å². The van der Waals surface area contributed by atoms with Crippen molar-refractivity contribution in [1.82, 2.24) is 0 Å². The van der Waals surface area contributed by atoms with Crippen LogP contribution in [0.3, 0.4) is 0 Å². The van der Waals surface area contributed by atoms with E-state index in [9.17, 15) is 15.0 Å². The summed E-state index contributed by atoms with van der Waals surface area (Å²) in [6.45, 7) is 7.17. The van der Waals surface area contributed by atoms with Gasteiger partial charge in [0.05, 0.1) is 22.5 Å². The Balaban J connectivity index is 1.87. The summed E-state index contributed by atoms with van der Waals surface area (Å²) in [5.41, 5.74) is -2.91. The maximum Gasteiger partial charge on any atom is 0.334 e. The lowest BCUT2D eigenvalue weighted by molar-refractivity contribution is -0.159. The summed E-state index contributed by atoms with van der Waals surface area (Å²) in [5.74, 6) is -1.18. The van der Waals surface area contributed by atoms with Gasteiger partial charge in [-0.2, -0.15) is 0 Å². The van der Waals surface area contributed by atoms with Crippen molar-refractivity contribution in [2.24, 2.45) is 11.8 Å². The Kier molecular flexibility index (Phi) is 2.43. The summed E-state index contributed by atoms with van der Waals surface area (Å²) in [4.78, 5) is 11.9. The van der Waals surface area contributed by atoms with Crippen LogP contribution >= 0.6 is 11.6 Å².